The number of nitrogens with zero attached hydrogens (tertiary/aromatic N) is 2. The Labute approximate surface area is 172 Å². The molecule has 3 rings (SSSR count). The van der Waals surface area contributed by atoms with Crippen LogP contribution in [-0.4, -0.2) is 38.0 Å². The van der Waals surface area contributed by atoms with Crippen molar-refractivity contribution >= 4 is 17.3 Å². The second kappa shape index (κ2) is 10.5. The summed E-state index contributed by atoms with van der Waals surface area (Å²) < 4.78 is 10.6. The van der Waals surface area contributed by atoms with Crippen LogP contribution in [0, 0.1) is 0 Å². The van der Waals surface area contributed by atoms with Crippen molar-refractivity contribution in [3.63, 3.8) is 0 Å². The number of nitrogens with one attached hydrogen (secondary N) is 2. The van der Waals surface area contributed by atoms with Gasteiger partial charge < -0.3 is 24.9 Å². The van der Waals surface area contributed by atoms with Gasteiger partial charge in [-0.05, 0) is 36.2 Å². The highest BCUT2D eigenvalue weighted by molar-refractivity contribution is 6.05. The van der Waals surface area contributed by atoms with Gasteiger partial charge in [-0.25, -0.2) is 4.98 Å². The van der Waals surface area contributed by atoms with Gasteiger partial charge in [0.2, 0.25) is 0 Å². The summed E-state index contributed by atoms with van der Waals surface area (Å²) in [6.07, 6.45) is 4.38. The van der Waals surface area contributed by atoms with Crippen molar-refractivity contribution in [2.45, 2.75) is 39.2 Å². The number of anilines is 2. The summed E-state index contributed by atoms with van der Waals surface area (Å²) in [4.78, 5) is 10.3. The third kappa shape index (κ3) is 5.76. The van der Waals surface area contributed by atoms with Crippen LogP contribution >= 0.6 is 0 Å². The second-order valence-electron chi connectivity index (χ2n) is 6.94. The predicted octanol–water partition coefficient (Wildman–Crippen LogP) is 4.44. The largest absolute Gasteiger partial charge is 0.497 e. The molecule has 7 heteroatoms. The van der Waals surface area contributed by atoms with E-state index in [2.05, 4.69) is 27.7 Å². The molecular weight excluding hydrogens is 368 g/mol. The Kier molecular flexibility index (Phi) is 7.55. The molecule has 0 spiro atoms. The van der Waals surface area contributed by atoms with Crippen molar-refractivity contribution < 1.29 is 14.3 Å². The molecule has 156 valence electrons. The standard InChI is InChI=1S/C22H30N4O3/c1-4-5-6-10-23-21-8-7-19-20(9-11-24-22(19)25-21)26-29-15-16-12-17(27-2)14-18(13-16)28-3/h7-8,12-14H,4-6,9-11,15H2,1-3H3,(H2,23,24,25)/b26-20+. The van der Waals surface area contributed by atoms with Crippen LogP contribution in [0.2, 0.25) is 0 Å². The third-order valence-electron chi connectivity index (χ3n) is 4.76. The Morgan fingerprint density at radius 2 is 1.90 bits per heavy atom. The molecule has 0 bridgehead atoms. The number of rotatable bonds is 10. The summed E-state index contributed by atoms with van der Waals surface area (Å²) in [6, 6.07) is 9.71. The summed E-state index contributed by atoms with van der Waals surface area (Å²) in [7, 11) is 3.26. The molecule has 7 nitrogen and oxygen atoms in total. The highest BCUT2D eigenvalue weighted by Gasteiger charge is 2.17. The van der Waals surface area contributed by atoms with E-state index in [1.54, 1.807) is 14.2 Å². The lowest BCUT2D eigenvalue weighted by molar-refractivity contribution is 0.129. The number of unbranched alkanes of at least 4 members (excludes halogenated alkanes) is 2. The van der Waals surface area contributed by atoms with Gasteiger partial charge in [0.15, 0.2) is 0 Å². The van der Waals surface area contributed by atoms with Gasteiger partial charge in [-0.3, -0.25) is 0 Å². The molecule has 1 aromatic heterocycles. The van der Waals surface area contributed by atoms with Crippen molar-refractivity contribution in [3.05, 3.63) is 41.5 Å². The molecule has 0 atom stereocenters. The van der Waals surface area contributed by atoms with Gasteiger partial charge >= 0.3 is 0 Å². The van der Waals surface area contributed by atoms with Crippen molar-refractivity contribution in [2.24, 2.45) is 5.16 Å². The average Bonchev–Trinajstić information content (AvgIpc) is 2.76. The number of benzene rings is 1. The molecule has 0 saturated heterocycles. The summed E-state index contributed by atoms with van der Waals surface area (Å²) >= 11 is 0. The zero-order valence-electron chi connectivity index (χ0n) is 17.5. The number of oxime groups is 1. The third-order valence-corrected chi connectivity index (χ3v) is 4.76. The molecule has 0 fully saturated rings. The van der Waals surface area contributed by atoms with E-state index in [1.165, 1.54) is 12.8 Å². The van der Waals surface area contributed by atoms with Crippen molar-refractivity contribution in [1.29, 1.82) is 0 Å². The molecule has 0 unspecified atom stereocenters. The zero-order chi connectivity index (χ0) is 20.5. The van der Waals surface area contributed by atoms with E-state index in [1.807, 2.05) is 30.3 Å². The summed E-state index contributed by atoms with van der Waals surface area (Å²) in [5, 5.41) is 11.1. The van der Waals surface area contributed by atoms with Gasteiger partial charge in [0, 0.05) is 31.1 Å². The Bertz CT molecular complexity index is 817. The smallest absolute Gasteiger partial charge is 0.142 e. The Morgan fingerprint density at radius 3 is 2.62 bits per heavy atom. The Morgan fingerprint density at radius 1 is 1.10 bits per heavy atom. The first-order chi connectivity index (χ1) is 14.2. The normalized spacial score (nSPS) is 14.1. The van der Waals surface area contributed by atoms with Crippen LogP contribution in [-0.2, 0) is 11.4 Å². The van der Waals surface area contributed by atoms with Gasteiger partial charge in [-0.15, -0.1) is 0 Å². The fourth-order valence-corrected chi connectivity index (χ4v) is 3.18. The van der Waals surface area contributed by atoms with Crippen molar-refractivity contribution in [2.75, 3.05) is 37.9 Å². The van der Waals surface area contributed by atoms with E-state index >= 15 is 0 Å². The number of methoxy groups -OCH3 is 2. The monoisotopic (exact) mass is 398 g/mol. The first-order valence-corrected chi connectivity index (χ1v) is 10.1. The van der Waals surface area contributed by atoms with Crippen LogP contribution in [0.4, 0.5) is 11.6 Å². The van der Waals surface area contributed by atoms with Gasteiger partial charge in [0.05, 0.1) is 19.9 Å². The molecule has 2 N–H and O–H groups in total. The van der Waals surface area contributed by atoms with Gasteiger partial charge in [-0.2, -0.15) is 0 Å². The number of aromatic nitrogens is 1. The lowest BCUT2D eigenvalue weighted by atomic mass is 10.1. The minimum Gasteiger partial charge on any atom is -0.497 e. The highest BCUT2D eigenvalue weighted by atomic mass is 16.6. The first kappa shape index (κ1) is 20.8. The number of hydrogen-bond acceptors (Lipinski definition) is 7. The maximum atomic E-state index is 5.64. The van der Waals surface area contributed by atoms with Crippen LogP contribution < -0.4 is 20.1 Å². The molecule has 0 amide bonds. The molecule has 0 aliphatic carbocycles. The number of pyridine rings is 1. The summed E-state index contributed by atoms with van der Waals surface area (Å²) in [5.74, 6) is 3.19. The Balaban J connectivity index is 1.64. The van der Waals surface area contributed by atoms with Crippen molar-refractivity contribution in [3.8, 4) is 11.5 Å². The number of fused-ring (bicyclic) bond motifs is 1. The fourth-order valence-electron chi connectivity index (χ4n) is 3.18. The summed E-state index contributed by atoms with van der Waals surface area (Å²) in [5.41, 5.74) is 2.82. The minimum atomic E-state index is 0.338. The van der Waals surface area contributed by atoms with Crippen LogP contribution in [0.25, 0.3) is 0 Å². The van der Waals surface area contributed by atoms with Gasteiger partial charge in [0.1, 0.15) is 29.7 Å². The van der Waals surface area contributed by atoms with Crippen LogP contribution in [0.15, 0.2) is 35.5 Å². The van der Waals surface area contributed by atoms with Crippen LogP contribution in [0.3, 0.4) is 0 Å². The molecule has 1 aliphatic rings. The average molecular weight is 399 g/mol. The Hall–Kier alpha value is -2.96. The highest BCUT2D eigenvalue weighted by Crippen LogP contribution is 2.25. The van der Waals surface area contributed by atoms with Crippen LogP contribution in [0.5, 0.6) is 11.5 Å². The van der Waals surface area contributed by atoms with E-state index in [0.29, 0.717) is 6.61 Å². The predicted molar refractivity (Wildman–Crippen MR) is 116 cm³/mol. The first-order valence-electron chi connectivity index (χ1n) is 10.1. The molecule has 29 heavy (non-hydrogen) atoms. The van der Waals surface area contributed by atoms with E-state index in [4.69, 9.17) is 14.3 Å². The molecule has 0 saturated carbocycles. The van der Waals surface area contributed by atoms with E-state index in [-0.39, 0.29) is 0 Å². The number of hydrogen-bond donors (Lipinski definition) is 2. The molecule has 1 aromatic carbocycles. The van der Waals surface area contributed by atoms with E-state index < -0.39 is 0 Å². The molecule has 1 aliphatic heterocycles. The lowest BCUT2D eigenvalue weighted by Crippen LogP contribution is -2.21. The topological polar surface area (TPSA) is 77.0 Å². The zero-order valence-corrected chi connectivity index (χ0v) is 17.5. The molecular formula is C22H30N4O3. The second-order valence-corrected chi connectivity index (χ2v) is 6.94. The van der Waals surface area contributed by atoms with Gasteiger partial charge in [-0.1, -0.05) is 24.9 Å². The van der Waals surface area contributed by atoms with Crippen LogP contribution in [0.1, 0.15) is 43.7 Å². The van der Waals surface area contributed by atoms with Crippen molar-refractivity contribution in [1.82, 2.24) is 4.98 Å². The lowest BCUT2D eigenvalue weighted by Gasteiger charge is -2.19. The van der Waals surface area contributed by atoms with E-state index in [0.717, 1.165) is 65.9 Å². The summed E-state index contributed by atoms with van der Waals surface area (Å²) in [6.45, 7) is 4.27. The quantitative estimate of drug-likeness (QED) is 0.455. The van der Waals surface area contributed by atoms with Gasteiger partial charge in [0.25, 0.3) is 0 Å². The maximum absolute atomic E-state index is 5.64. The minimum absolute atomic E-state index is 0.338. The molecule has 2 heterocycles. The molecule has 0 radical (unpaired) electrons. The fraction of sp³-hybridized carbons (Fsp3) is 0.455. The SMILES string of the molecule is CCCCCNc1ccc2c(n1)NCC/C2=N\OCc1cc(OC)cc(OC)c1. The number of ether oxygens (including phenoxy) is 2. The van der Waals surface area contributed by atoms with E-state index in [9.17, 15) is 0 Å². The molecule has 2 aromatic rings. The maximum Gasteiger partial charge on any atom is 0.142 e.